The van der Waals surface area contributed by atoms with Gasteiger partial charge in [0, 0.05) is 12.5 Å². The molecule has 3 aromatic rings. The number of nitrogen functional groups attached to an aromatic ring is 1. The number of carbonyl (C=O) groups is 3. The number of imidazole rings is 1. The Morgan fingerprint density at radius 3 is 2.35 bits per heavy atom. The quantitative estimate of drug-likeness (QED) is 0.209. The molecule has 0 radical (unpaired) electrons. The molecule has 1 unspecified atom stereocenters. The summed E-state index contributed by atoms with van der Waals surface area (Å²) in [5, 5.41) is 2.57. The fourth-order valence-corrected chi connectivity index (χ4v) is 3.72. The van der Waals surface area contributed by atoms with Gasteiger partial charge in [-0.25, -0.2) is 14.6 Å². The number of amides is 1. The number of alkyl carbamates (subject to hydrolysis) is 1. The van der Waals surface area contributed by atoms with Crippen molar-refractivity contribution in [2.75, 3.05) is 18.9 Å². The summed E-state index contributed by atoms with van der Waals surface area (Å²) in [6, 6.07) is 8.23. The lowest BCUT2D eigenvalue weighted by Crippen LogP contribution is -2.46. The van der Waals surface area contributed by atoms with Crippen LogP contribution in [0.25, 0.3) is 11.2 Å². The smallest absolute Gasteiger partial charge is 0.408 e. The third kappa shape index (κ3) is 8.55. The second-order valence-electron chi connectivity index (χ2n) is 10.1. The van der Waals surface area contributed by atoms with Gasteiger partial charge < -0.3 is 29.8 Å². The van der Waals surface area contributed by atoms with Gasteiger partial charge in [0.25, 0.3) is 5.56 Å². The molecule has 3 rings (SSSR count). The number of anilines is 1. The number of esters is 2. The van der Waals surface area contributed by atoms with Crippen LogP contribution in [0.15, 0.2) is 41.5 Å². The van der Waals surface area contributed by atoms with Crippen molar-refractivity contribution in [3.05, 3.63) is 52.6 Å². The van der Waals surface area contributed by atoms with Crippen molar-refractivity contribution in [3.8, 4) is 0 Å². The summed E-state index contributed by atoms with van der Waals surface area (Å²) in [4.78, 5) is 60.1. The zero-order valence-electron chi connectivity index (χ0n) is 23.1. The molecule has 0 aliphatic carbocycles. The third-order valence-electron chi connectivity index (χ3n) is 6.07. The van der Waals surface area contributed by atoms with E-state index in [2.05, 4.69) is 20.3 Å². The molecule has 2 aromatic heterocycles. The second kappa shape index (κ2) is 14.1. The first kappa shape index (κ1) is 30.1. The summed E-state index contributed by atoms with van der Waals surface area (Å²) in [7, 11) is 0. The Labute approximate surface area is 231 Å². The molecular weight excluding hydrogens is 520 g/mol. The van der Waals surface area contributed by atoms with E-state index in [-0.39, 0.29) is 55.0 Å². The highest BCUT2D eigenvalue weighted by Crippen LogP contribution is 2.14. The van der Waals surface area contributed by atoms with Crippen LogP contribution >= 0.6 is 0 Å². The van der Waals surface area contributed by atoms with Crippen LogP contribution in [-0.4, -0.2) is 56.8 Å². The minimum absolute atomic E-state index is 0.00592. The van der Waals surface area contributed by atoms with Crippen molar-refractivity contribution in [1.29, 1.82) is 0 Å². The Balaban J connectivity index is 1.62. The Morgan fingerprint density at radius 2 is 1.70 bits per heavy atom. The number of nitrogens with one attached hydrogen (secondary N) is 2. The van der Waals surface area contributed by atoms with E-state index in [4.69, 9.17) is 19.9 Å². The van der Waals surface area contributed by atoms with Crippen LogP contribution in [0.4, 0.5) is 10.7 Å². The highest BCUT2D eigenvalue weighted by Gasteiger charge is 2.28. The average molecular weight is 557 g/mol. The zero-order valence-corrected chi connectivity index (χ0v) is 23.1. The summed E-state index contributed by atoms with van der Waals surface area (Å²) in [5.41, 5.74) is 6.50. The summed E-state index contributed by atoms with van der Waals surface area (Å²) >= 11 is 0. The average Bonchev–Trinajstić information content (AvgIpc) is 3.33. The van der Waals surface area contributed by atoms with Gasteiger partial charge in [-0.3, -0.25) is 14.6 Å². The molecule has 0 saturated carbocycles. The van der Waals surface area contributed by atoms with E-state index in [0.717, 1.165) is 5.56 Å². The van der Waals surface area contributed by atoms with Crippen molar-refractivity contribution >= 4 is 35.1 Å². The van der Waals surface area contributed by atoms with Gasteiger partial charge in [-0.15, -0.1) is 0 Å². The van der Waals surface area contributed by atoms with Crippen LogP contribution in [0.1, 0.15) is 39.7 Å². The molecule has 13 nitrogen and oxygen atoms in total. The van der Waals surface area contributed by atoms with E-state index in [1.54, 1.807) is 32.3 Å². The predicted molar refractivity (Wildman–Crippen MR) is 146 cm³/mol. The summed E-state index contributed by atoms with van der Waals surface area (Å²) in [6.07, 6.45) is 1.13. The Kier molecular flexibility index (Phi) is 10.6. The molecule has 216 valence electrons. The van der Waals surface area contributed by atoms with Gasteiger partial charge in [0.15, 0.2) is 11.2 Å². The summed E-state index contributed by atoms with van der Waals surface area (Å²) < 4.78 is 17.9. The zero-order chi connectivity index (χ0) is 29.2. The number of ether oxygens (including phenoxy) is 3. The number of hydrogen-bond donors (Lipinski definition) is 3. The number of rotatable bonds is 13. The van der Waals surface area contributed by atoms with Gasteiger partial charge in [-0.2, -0.15) is 4.98 Å². The summed E-state index contributed by atoms with van der Waals surface area (Å²) in [5.74, 6) is -2.04. The van der Waals surface area contributed by atoms with Crippen LogP contribution in [0, 0.1) is 17.8 Å². The number of H-pyrrole nitrogens is 1. The molecule has 0 aliphatic rings. The maximum Gasteiger partial charge on any atom is 0.408 e. The predicted octanol–water partition coefficient (Wildman–Crippen LogP) is 2.40. The van der Waals surface area contributed by atoms with E-state index in [1.807, 2.05) is 30.3 Å². The second-order valence-corrected chi connectivity index (χ2v) is 10.1. The molecule has 0 bridgehead atoms. The number of aromatic nitrogens is 4. The molecule has 2 heterocycles. The van der Waals surface area contributed by atoms with Crippen molar-refractivity contribution in [2.24, 2.45) is 17.8 Å². The van der Waals surface area contributed by atoms with E-state index < -0.39 is 23.7 Å². The van der Waals surface area contributed by atoms with Crippen molar-refractivity contribution in [2.45, 2.75) is 53.3 Å². The van der Waals surface area contributed by atoms with Crippen LogP contribution in [0.3, 0.4) is 0 Å². The number of carbonyl (C=O) groups excluding carboxylic acids is 3. The highest BCUT2D eigenvalue weighted by molar-refractivity contribution is 5.81. The number of fused-ring (bicyclic) bond motifs is 1. The summed E-state index contributed by atoms with van der Waals surface area (Å²) in [6.45, 7) is 7.32. The molecule has 2 atom stereocenters. The Morgan fingerprint density at radius 1 is 1.02 bits per heavy atom. The number of aromatic amines is 1. The van der Waals surface area contributed by atoms with Crippen LogP contribution in [0.2, 0.25) is 0 Å². The fraction of sp³-hybridized carbons (Fsp3) is 0.481. The fourth-order valence-electron chi connectivity index (χ4n) is 3.72. The van der Waals surface area contributed by atoms with Gasteiger partial charge in [0.1, 0.15) is 12.6 Å². The molecule has 1 aromatic carbocycles. The maximum absolute atomic E-state index is 13.0. The van der Waals surface area contributed by atoms with Crippen LogP contribution in [-0.2, 0) is 37.0 Å². The Bertz CT molecular complexity index is 1350. The van der Waals surface area contributed by atoms with E-state index in [0.29, 0.717) is 18.6 Å². The van der Waals surface area contributed by atoms with Gasteiger partial charge in [-0.05, 0) is 17.9 Å². The molecule has 0 saturated heterocycles. The Hall–Kier alpha value is -4.42. The molecule has 0 fully saturated rings. The van der Waals surface area contributed by atoms with Gasteiger partial charge in [0.05, 0.1) is 25.5 Å². The SMILES string of the molecule is CC(C)C(=O)OCC(CCn1cnc2c(=O)[nH]c(N)nc21)COC(=O)[C@@H](NC(=O)OCc1ccccc1)C(C)C. The van der Waals surface area contributed by atoms with E-state index >= 15 is 0 Å². The number of nitrogens with two attached hydrogens (primary N) is 1. The third-order valence-corrected chi connectivity index (χ3v) is 6.07. The monoisotopic (exact) mass is 556 g/mol. The number of benzene rings is 1. The highest BCUT2D eigenvalue weighted by atomic mass is 16.6. The lowest BCUT2D eigenvalue weighted by Gasteiger charge is -2.23. The lowest BCUT2D eigenvalue weighted by atomic mass is 10.0. The van der Waals surface area contributed by atoms with Crippen LogP contribution in [0.5, 0.6) is 0 Å². The molecule has 40 heavy (non-hydrogen) atoms. The topological polar surface area (TPSA) is 181 Å². The number of hydrogen-bond acceptors (Lipinski definition) is 10. The minimum atomic E-state index is -0.946. The molecular formula is C27H36N6O7. The van der Waals surface area contributed by atoms with E-state index in [1.165, 1.54) is 6.33 Å². The van der Waals surface area contributed by atoms with E-state index in [9.17, 15) is 19.2 Å². The van der Waals surface area contributed by atoms with Crippen molar-refractivity contribution < 1.29 is 28.6 Å². The normalized spacial score (nSPS) is 12.8. The molecule has 0 aliphatic heterocycles. The maximum atomic E-state index is 13.0. The van der Waals surface area contributed by atoms with Gasteiger partial charge in [0.2, 0.25) is 5.95 Å². The van der Waals surface area contributed by atoms with Gasteiger partial charge >= 0.3 is 18.0 Å². The standard InChI is InChI=1S/C27H36N6O7/c1-16(2)20(30-27(37)40-12-18-8-6-5-7-9-18)25(36)39-14-19(13-38-24(35)17(3)4)10-11-33-15-29-21-22(33)31-26(28)32-23(21)34/h5-9,15-17,19-20H,10-14H2,1-4H3,(H,30,37)(H3,28,31,32,34)/t19?,20-/m0/s1. The molecule has 4 N–H and O–H groups in total. The number of aryl methyl sites for hydroxylation is 1. The van der Waals surface area contributed by atoms with Crippen molar-refractivity contribution in [3.63, 3.8) is 0 Å². The first-order valence-electron chi connectivity index (χ1n) is 13.1. The van der Waals surface area contributed by atoms with Crippen molar-refractivity contribution in [1.82, 2.24) is 24.8 Å². The first-order chi connectivity index (χ1) is 19.0. The van der Waals surface area contributed by atoms with Gasteiger partial charge in [-0.1, -0.05) is 58.0 Å². The molecule has 1 amide bonds. The molecule has 13 heteroatoms. The largest absolute Gasteiger partial charge is 0.465 e. The molecule has 0 spiro atoms. The van der Waals surface area contributed by atoms with Crippen LogP contribution < -0.4 is 16.6 Å². The number of nitrogens with zero attached hydrogens (tertiary/aromatic N) is 3. The first-order valence-corrected chi connectivity index (χ1v) is 13.1. The minimum Gasteiger partial charge on any atom is -0.465 e. The lowest BCUT2D eigenvalue weighted by molar-refractivity contribution is -0.153.